The van der Waals surface area contributed by atoms with Gasteiger partial charge in [-0.15, -0.1) is 0 Å². The molecule has 3 aromatic rings. The van der Waals surface area contributed by atoms with E-state index in [-0.39, 0.29) is 0 Å². The van der Waals surface area contributed by atoms with Gasteiger partial charge < -0.3 is 5.32 Å². The summed E-state index contributed by atoms with van der Waals surface area (Å²) in [7, 11) is 0. The summed E-state index contributed by atoms with van der Waals surface area (Å²) in [4.78, 5) is 0. The van der Waals surface area contributed by atoms with Gasteiger partial charge >= 0.3 is 0 Å². The molecule has 0 spiro atoms. The number of nitrogens with one attached hydrogen (secondary N) is 1. The maximum Gasteiger partial charge on any atom is 0.133 e. The summed E-state index contributed by atoms with van der Waals surface area (Å²) in [6.45, 7) is 5.50. The zero-order valence-electron chi connectivity index (χ0n) is 15.3. The first-order valence-corrected chi connectivity index (χ1v) is 10.4. The molecule has 4 rings (SSSR count). The first-order valence-electron chi connectivity index (χ1n) is 9.36. The lowest BCUT2D eigenvalue weighted by Gasteiger charge is -2.15. The van der Waals surface area contributed by atoms with Gasteiger partial charge in [0.2, 0.25) is 0 Å². The van der Waals surface area contributed by atoms with Crippen LogP contribution in [0.4, 0.5) is 5.82 Å². The van der Waals surface area contributed by atoms with Crippen LogP contribution in [0.1, 0.15) is 43.7 Å². The SMILES string of the molecule is CC(C)c1ccccc1-n1nc(-c2ccccc2I)c2c1NCCCC2. The highest BCUT2D eigenvalue weighted by Crippen LogP contribution is 2.37. The standard InChI is InChI=1S/C22H24IN3/c1-15(2)16-9-4-6-13-20(16)26-22-18(11-7-8-14-24-22)21(25-26)17-10-3-5-12-19(17)23/h3-6,9-10,12-13,15,24H,7-8,11,14H2,1-2H3. The van der Waals surface area contributed by atoms with Crippen LogP contribution in [0.25, 0.3) is 16.9 Å². The fourth-order valence-corrected chi connectivity index (χ4v) is 4.36. The third-order valence-corrected chi connectivity index (χ3v) is 5.99. The van der Waals surface area contributed by atoms with E-state index in [0.717, 1.165) is 18.7 Å². The van der Waals surface area contributed by atoms with Gasteiger partial charge in [0.15, 0.2) is 0 Å². The smallest absolute Gasteiger partial charge is 0.133 e. The molecule has 1 aliphatic rings. The Bertz CT molecular complexity index is 927. The highest BCUT2D eigenvalue weighted by molar-refractivity contribution is 14.1. The minimum absolute atomic E-state index is 0.456. The van der Waals surface area contributed by atoms with Crippen LogP contribution in [0.5, 0.6) is 0 Å². The van der Waals surface area contributed by atoms with Crippen molar-refractivity contribution in [3.63, 3.8) is 0 Å². The summed E-state index contributed by atoms with van der Waals surface area (Å²) in [6.07, 6.45) is 3.48. The molecule has 0 bridgehead atoms. The van der Waals surface area contributed by atoms with Crippen molar-refractivity contribution < 1.29 is 0 Å². The van der Waals surface area contributed by atoms with Crippen molar-refractivity contribution in [3.05, 3.63) is 63.2 Å². The van der Waals surface area contributed by atoms with E-state index in [2.05, 4.69) is 95.0 Å². The lowest BCUT2D eigenvalue weighted by molar-refractivity contribution is 0.776. The van der Waals surface area contributed by atoms with Crippen LogP contribution < -0.4 is 5.32 Å². The minimum Gasteiger partial charge on any atom is -0.370 e. The third kappa shape index (κ3) is 3.15. The van der Waals surface area contributed by atoms with Crippen molar-refractivity contribution in [1.29, 1.82) is 0 Å². The molecule has 0 aliphatic carbocycles. The maximum atomic E-state index is 5.13. The van der Waals surface area contributed by atoms with Gasteiger partial charge in [0, 0.05) is 21.2 Å². The Morgan fingerprint density at radius 3 is 2.62 bits per heavy atom. The molecule has 26 heavy (non-hydrogen) atoms. The van der Waals surface area contributed by atoms with E-state index in [4.69, 9.17) is 5.10 Å². The van der Waals surface area contributed by atoms with Crippen LogP contribution in [0.15, 0.2) is 48.5 Å². The van der Waals surface area contributed by atoms with Gasteiger partial charge in [-0.25, -0.2) is 4.68 Å². The first kappa shape index (κ1) is 17.6. The third-order valence-electron chi connectivity index (χ3n) is 5.05. The van der Waals surface area contributed by atoms with E-state index < -0.39 is 0 Å². The van der Waals surface area contributed by atoms with Crippen molar-refractivity contribution >= 4 is 28.4 Å². The van der Waals surface area contributed by atoms with Gasteiger partial charge in [0.25, 0.3) is 0 Å². The number of fused-ring (bicyclic) bond motifs is 1. The van der Waals surface area contributed by atoms with Gasteiger partial charge in [0.1, 0.15) is 5.82 Å². The van der Waals surface area contributed by atoms with Crippen LogP contribution in [0.3, 0.4) is 0 Å². The second kappa shape index (κ2) is 7.43. The molecule has 0 unspecified atom stereocenters. The molecule has 4 heteroatoms. The summed E-state index contributed by atoms with van der Waals surface area (Å²) >= 11 is 2.42. The van der Waals surface area contributed by atoms with E-state index in [9.17, 15) is 0 Å². The lowest BCUT2D eigenvalue weighted by atomic mass is 10.0. The second-order valence-corrected chi connectivity index (χ2v) is 8.33. The quantitative estimate of drug-likeness (QED) is 0.488. The summed E-state index contributed by atoms with van der Waals surface area (Å²) < 4.78 is 3.40. The number of hydrogen-bond donors (Lipinski definition) is 1. The number of benzene rings is 2. The summed E-state index contributed by atoms with van der Waals surface area (Å²) in [5, 5.41) is 8.79. The molecule has 0 fully saturated rings. The molecule has 1 N–H and O–H groups in total. The van der Waals surface area contributed by atoms with Crippen LogP contribution in [0, 0.1) is 3.57 Å². The fraction of sp³-hybridized carbons (Fsp3) is 0.318. The first-order chi connectivity index (χ1) is 12.7. The predicted molar refractivity (Wildman–Crippen MR) is 117 cm³/mol. The molecular weight excluding hydrogens is 433 g/mol. The average Bonchev–Trinajstić information content (AvgIpc) is 2.83. The number of rotatable bonds is 3. The van der Waals surface area contributed by atoms with Gasteiger partial charge in [-0.05, 0) is 65.5 Å². The highest BCUT2D eigenvalue weighted by Gasteiger charge is 2.23. The van der Waals surface area contributed by atoms with Crippen molar-refractivity contribution in [1.82, 2.24) is 9.78 Å². The number of anilines is 1. The Balaban J connectivity index is 1.96. The van der Waals surface area contributed by atoms with Crippen LogP contribution in [-0.4, -0.2) is 16.3 Å². The van der Waals surface area contributed by atoms with Gasteiger partial charge in [-0.1, -0.05) is 50.2 Å². The molecule has 0 saturated carbocycles. The molecule has 0 amide bonds. The Hall–Kier alpha value is -1.82. The topological polar surface area (TPSA) is 29.9 Å². The van der Waals surface area contributed by atoms with Crippen LogP contribution in [0.2, 0.25) is 0 Å². The van der Waals surface area contributed by atoms with Crippen LogP contribution in [-0.2, 0) is 6.42 Å². The molecule has 1 aliphatic heterocycles. The number of aromatic nitrogens is 2. The molecule has 0 atom stereocenters. The number of nitrogens with zero attached hydrogens (tertiary/aromatic N) is 2. The summed E-state index contributed by atoms with van der Waals surface area (Å²) in [6, 6.07) is 17.2. The molecule has 0 saturated heterocycles. The van der Waals surface area contributed by atoms with E-state index in [0.29, 0.717) is 5.92 Å². The molecule has 0 radical (unpaired) electrons. The van der Waals surface area contributed by atoms with Crippen molar-refractivity contribution in [2.45, 2.75) is 39.0 Å². The molecule has 3 nitrogen and oxygen atoms in total. The van der Waals surface area contributed by atoms with Crippen molar-refractivity contribution in [3.8, 4) is 16.9 Å². The number of para-hydroxylation sites is 1. The van der Waals surface area contributed by atoms with Crippen molar-refractivity contribution in [2.24, 2.45) is 0 Å². The van der Waals surface area contributed by atoms with Gasteiger partial charge in [-0.2, -0.15) is 5.10 Å². The Labute approximate surface area is 169 Å². The molecule has 134 valence electrons. The van der Waals surface area contributed by atoms with Crippen molar-refractivity contribution in [2.75, 3.05) is 11.9 Å². The normalized spacial score (nSPS) is 14.0. The molecule has 2 aromatic carbocycles. The van der Waals surface area contributed by atoms with Crippen LogP contribution >= 0.6 is 22.6 Å². The Morgan fingerprint density at radius 1 is 1.04 bits per heavy atom. The fourth-order valence-electron chi connectivity index (χ4n) is 3.71. The van der Waals surface area contributed by atoms with E-state index in [1.165, 1.54) is 44.6 Å². The van der Waals surface area contributed by atoms with E-state index >= 15 is 0 Å². The van der Waals surface area contributed by atoms with E-state index in [1.807, 2.05) is 0 Å². The monoisotopic (exact) mass is 457 g/mol. The Kier molecular flexibility index (Phi) is 5.02. The zero-order valence-corrected chi connectivity index (χ0v) is 17.5. The second-order valence-electron chi connectivity index (χ2n) is 7.16. The number of halogens is 1. The highest BCUT2D eigenvalue weighted by atomic mass is 127. The van der Waals surface area contributed by atoms with Gasteiger partial charge in [0.05, 0.1) is 11.4 Å². The molecule has 1 aromatic heterocycles. The van der Waals surface area contributed by atoms with E-state index in [1.54, 1.807) is 0 Å². The minimum atomic E-state index is 0.456. The summed E-state index contributed by atoms with van der Waals surface area (Å²) in [5.41, 5.74) is 6.22. The largest absolute Gasteiger partial charge is 0.370 e. The zero-order chi connectivity index (χ0) is 18.1. The summed E-state index contributed by atoms with van der Waals surface area (Å²) in [5.74, 6) is 1.63. The average molecular weight is 457 g/mol. The van der Waals surface area contributed by atoms with Gasteiger partial charge in [-0.3, -0.25) is 0 Å². The predicted octanol–water partition coefficient (Wildman–Crippen LogP) is 6.02. The Morgan fingerprint density at radius 2 is 1.81 bits per heavy atom. The number of hydrogen-bond acceptors (Lipinski definition) is 2. The molecule has 2 heterocycles. The lowest BCUT2D eigenvalue weighted by Crippen LogP contribution is -2.09. The molecular formula is C22H24IN3. The maximum absolute atomic E-state index is 5.13.